The summed E-state index contributed by atoms with van der Waals surface area (Å²) in [7, 11) is 1.44. The van der Waals surface area contributed by atoms with Crippen LogP contribution in [0.2, 0.25) is 5.02 Å². The van der Waals surface area contributed by atoms with Gasteiger partial charge >= 0.3 is 0 Å². The highest BCUT2D eigenvalue weighted by Gasteiger charge is 2.14. The average molecular weight is 313 g/mol. The van der Waals surface area contributed by atoms with Gasteiger partial charge in [-0.15, -0.1) is 0 Å². The fourth-order valence-corrected chi connectivity index (χ4v) is 2.39. The summed E-state index contributed by atoms with van der Waals surface area (Å²) in [5.74, 6) is 0.154. The molecule has 0 aliphatic heterocycles. The lowest BCUT2D eigenvalue weighted by Gasteiger charge is -2.10. The summed E-state index contributed by atoms with van der Waals surface area (Å²) in [6.07, 6.45) is 0.281. The van der Waals surface area contributed by atoms with E-state index in [0.717, 1.165) is 0 Å². The fourth-order valence-electron chi connectivity index (χ4n) is 1.92. The minimum Gasteiger partial charge on any atom is -0.503 e. The molecule has 0 atom stereocenters. The molecule has 1 heterocycles. The lowest BCUT2D eigenvalue weighted by molar-refractivity contribution is 0.373. The van der Waals surface area contributed by atoms with Gasteiger partial charge in [-0.25, -0.2) is 0 Å². The van der Waals surface area contributed by atoms with Gasteiger partial charge in [-0.2, -0.15) is 0 Å². The third-order valence-corrected chi connectivity index (χ3v) is 3.63. The molecule has 0 spiro atoms. The summed E-state index contributed by atoms with van der Waals surface area (Å²) in [5, 5.41) is 10.0. The maximum absolute atomic E-state index is 11.9. The van der Waals surface area contributed by atoms with Crippen molar-refractivity contribution in [3.8, 4) is 11.5 Å². The number of rotatable bonds is 3. The van der Waals surface area contributed by atoms with Crippen LogP contribution in [-0.4, -0.2) is 22.2 Å². The Labute approximate surface area is 125 Å². The normalized spacial score (nSPS) is 10.6. The van der Waals surface area contributed by atoms with Crippen molar-refractivity contribution in [2.24, 2.45) is 0 Å². The standard InChI is InChI=1S/C13H13ClN2O3S/c1-6-8(12(18)16-13(20)15-6)5-7-3-4-9(19-2)11(17)10(7)14/h3-4,17H,5H2,1-2H3,(H2,15,16,18,20). The number of phenolic OH excluding ortho intramolecular Hbond substituents is 1. The molecule has 0 bridgehead atoms. The number of ether oxygens (including phenoxy) is 1. The molecule has 1 aromatic carbocycles. The number of aromatic amines is 2. The Morgan fingerprint density at radius 2 is 2.10 bits per heavy atom. The smallest absolute Gasteiger partial charge is 0.255 e. The van der Waals surface area contributed by atoms with E-state index in [2.05, 4.69) is 9.97 Å². The van der Waals surface area contributed by atoms with Gasteiger partial charge in [0.2, 0.25) is 0 Å². The van der Waals surface area contributed by atoms with E-state index in [-0.39, 0.29) is 33.3 Å². The lowest BCUT2D eigenvalue weighted by Crippen LogP contribution is -2.16. The molecule has 0 unspecified atom stereocenters. The van der Waals surface area contributed by atoms with Crippen molar-refractivity contribution < 1.29 is 9.84 Å². The molecule has 0 amide bonds. The van der Waals surface area contributed by atoms with Gasteiger partial charge in [-0.05, 0) is 30.8 Å². The Morgan fingerprint density at radius 1 is 1.40 bits per heavy atom. The number of aromatic nitrogens is 2. The first kappa shape index (κ1) is 14.6. The highest BCUT2D eigenvalue weighted by molar-refractivity contribution is 7.71. The number of nitrogens with one attached hydrogen (secondary N) is 2. The summed E-state index contributed by atoms with van der Waals surface area (Å²) in [6, 6.07) is 3.31. The summed E-state index contributed by atoms with van der Waals surface area (Å²) in [6.45, 7) is 1.76. The molecule has 0 aliphatic rings. The van der Waals surface area contributed by atoms with Crippen LogP contribution in [0.4, 0.5) is 0 Å². The summed E-state index contributed by atoms with van der Waals surface area (Å²) < 4.78 is 5.25. The number of hydrogen-bond acceptors (Lipinski definition) is 4. The summed E-state index contributed by atoms with van der Waals surface area (Å²) in [4.78, 5) is 17.3. The fraction of sp³-hybridized carbons (Fsp3) is 0.231. The average Bonchev–Trinajstić information content (AvgIpc) is 2.38. The third-order valence-electron chi connectivity index (χ3n) is 3.00. The molecule has 20 heavy (non-hydrogen) atoms. The molecule has 7 heteroatoms. The highest BCUT2D eigenvalue weighted by Crippen LogP contribution is 2.36. The highest BCUT2D eigenvalue weighted by atomic mass is 35.5. The van der Waals surface area contributed by atoms with Crippen LogP contribution >= 0.6 is 23.8 Å². The zero-order chi connectivity index (χ0) is 14.9. The number of aromatic hydroxyl groups is 1. The minimum atomic E-state index is -0.266. The van der Waals surface area contributed by atoms with Crippen molar-refractivity contribution in [1.29, 1.82) is 0 Å². The summed E-state index contributed by atoms with van der Waals surface area (Å²) >= 11 is 11.0. The van der Waals surface area contributed by atoms with Gasteiger partial charge < -0.3 is 14.8 Å². The molecule has 5 nitrogen and oxygen atoms in total. The second-order valence-corrected chi connectivity index (χ2v) is 5.06. The van der Waals surface area contributed by atoms with Crippen LogP contribution in [0.5, 0.6) is 11.5 Å². The molecule has 0 aliphatic carbocycles. The monoisotopic (exact) mass is 312 g/mol. The van der Waals surface area contributed by atoms with Gasteiger partial charge in [-0.3, -0.25) is 9.78 Å². The molecule has 106 valence electrons. The maximum atomic E-state index is 11.9. The molecule has 0 saturated heterocycles. The third kappa shape index (κ3) is 2.71. The first-order valence-corrected chi connectivity index (χ1v) is 6.59. The predicted molar refractivity (Wildman–Crippen MR) is 79.5 cm³/mol. The van der Waals surface area contributed by atoms with E-state index in [1.807, 2.05) is 0 Å². The van der Waals surface area contributed by atoms with Crippen molar-refractivity contribution in [1.82, 2.24) is 9.97 Å². The number of H-pyrrole nitrogens is 2. The van der Waals surface area contributed by atoms with Crippen molar-refractivity contribution in [3.05, 3.63) is 49.1 Å². The first-order chi connectivity index (χ1) is 9.43. The molecule has 1 aromatic heterocycles. The summed E-state index contributed by atoms with van der Waals surface area (Å²) in [5.41, 5.74) is 1.55. The van der Waals surface area contributed by atoms with E-state index in [1.165, 1.54) is 7.11 Å². The molecule has 0 saturated carbocycles. The van der Waals surface area contributed by atoms with Gasteiger partial charge in [0.15, 0.2) is 16.3 Å². The van der Waals surface area contributed by atoms with E-state index in [9.17, 15) is 9.90 Å². The zero-order valence-electron chi connectivity index (χ0n) is 10.9. The van der Waals surface area contributed by atoms with Crippen molar-refractivity contribution in [3.63, 3.8) is 0 Å². The van der Waals surface area contributed by atoms with Gasteiger partial charge in [0, 0.05) is 17.7 Å². The van der Waals surface area contributed by atoms with Crippen LogP contribution in [0, 0.1) is 11.7 Å². The van der Waals surface area contributed by atoms with Crippen LogP contribution in [0.1, 0.15) is 16.8 Å². The Balaban J connectivity index is 2.49. The van der Waals surface area contributed by atoms with Crippen LogP contribution in [0.15, 0.2) is 16.9 Å². The Kier molecular flexibility index (Phi) is 4.15. The van der Waals surface area contributed by atoms with Crippen molar-refractivity contribution in [2.45, 2.75) is 13.3 Å². The number of halogens is 1. The Morgan fingerprint density at radius 3 is 2.70 bits per heavy atom. The zero-order valence-corrected chi connectivity index (χ0v) is 12.5. The molecular weight excluding hydrogens is 300 g/mol. The van der Waals surface area contributed by atoms with E-state index in [4.69, 9.17) is 28.6 Å². The van der Waals surface area contributed by atoms with Gasteiger partial charge in [-0.1, -0.05) is 17.7 Å². The number of methoxy groups -OCH3 is 1. The number of aryl methyl sites for hydroxylation is 1. The number of phenols is 1. The number of hydrogen-bond donors (Lipinski definition) is 3. The lowest BCUT2D eigenvalue weighted by atomic mass is 10.0. The molecular formula is C13H13ClN2O3S. The topological polar surface area (TPSA) is 78.1 Å². The Hall–Kier alpha value is -1.79. The van der Waals surface area contributed by atoms with Crippen molar-refractivity contribution in [2.75, 3.05) is 7.11 Å². The van der Waals surface area contributed by atoms with Crippen molar-refractivity contribution >= 4 is 23.8 Å². The van der Waals surface area contributed by atoms with Crippen LogP contribution in [0.25, 0.3) is 0 Å². The first-order valence-electron chi connectivity index (χ1n) is 5.80. The molecule has 0 fully saturated rings. The minimum absolute atomic E-state index is 0.135. The van der Waals surface area contributed by atoms with Gasteiger partial charge in [0.05, 0.1) is 12.1 Å². The predicted octanol–water partition coefficient (Wildman–Crippen LogP) is 2.70. The molecule has 2 aromatic rings. The van der Waals surface area contributed by atoms with Crippen LogP contribution in [-0.2, 0) is 6.42 Å². The van der Waals surface area contributed by atoms with E-state index < -0.39 is 0 Å². The molecule has 0 radical (unpaired) electrons. The SMILES string of the molecule is COc1ccc(Cc2c(C)[nH]c(=S)[nH]c2=O)c(Cl)c1O. The van der Waals surface area contributed by atoms with E-state index in [0.29, 0.717) is 16.8 Å². The van der Waals surface area contributed by atoms with Gasteiger partial charge in [0.25, 0.3) is 5.56 Å². The quantitative estimate of drug-likeness (QED) is 0.761. The van der Waals surface area contributed by atoms with E-state index >= 15 is 0 Å². The molecule has 2 rings (SSSR count). The van der Waals surface area contributed by atoms with Crippen LogP contribution in [0.3, 0.4) is 0 Å². The van der Waals surface area contributed by atoms with Gasteiger partial charge in [0.1, 0.15) is 0 Å². The van der Waals surface area contributed by atoms with Crippen LogP contribution < -0.4 is 10.3 Å². The second kappa shape index (κ2) is 5.68. The largest absolute Gasteiger partial charge is 0.503 e. The van der Waals surface area contributed by atoms with E-state index in [1.54, 1.807) is 19.1 Å². The number of benzene rings is 1. The maximum Gasteiger partial charge on any atom is 0.255 e. The second-order valence-electron chi connectivity index (χ2n) is 4.28. The Bertz CT molecular complexity index is 767. The molecule has 3 N–H and O–H groups in total.